The monoisotopic (exact) mass is 492 g/mol. The van der Waals surface area contributed by atoms with Crippen molar-refractivity contribution in [3.8, 4) is 0 Å². The Kier molecular flexibility index (Phi) is 54.8. The number of likely N-dealkylation sites (N-methyl/N-ethyl adjacent to an activating group) is 1. The van der Waals surface area contributed by atoms with Crippen LogP contribution >= 0.6 is 15.9 Å². The van der Waals surface area contributed by atoms with Crippen LogP contribution in [-0.4, -0.2) is 72.3 Å². The molecule has 0 aromatic heterocycles. The van der Waals surface area contributed by atoms with Crippen LogP contribution in [0.5, 0.6) is 0 Å². The number of halogens is 1. The molecule has 0 saturated heterocycles. The Morgan fingerprint density at radius 1 is 1.15 bits per heavy atom. The standard InChI is InChI=1S/C7H13NO2.C4H5BrO2.C2H7N.CH2O3.2K.H/c1-6(5-8(2)3)7(9)10-4;1-3(5)4(6)7-2;1-3-2;2-1-4-3;;;/h1,5H2,2-4H3;1H2,2H3;3H,1-2H3;1,3H;;;/q;;;;2*+1;-1/p-1. The van der Waals surface area contributed by atoms with Gasteiger partial charge in [-0.05, 0) is 44.1 Å². The van der Waals surface area contributed by atoms with Crippen molar-refractivity contribution >= 4 is 34.3 Å². The van der Waals surface area contributed by atoms with Crippen molar-refractivity contribution in [1.29, 1.82) is 0 Å². The summed E-state index contributed by atoms with van der Waals surface area (Å²) in [5.74, 6) is -0.770. The Morgan fingerprint density at radius 3 is 1.58 bits per heavy atom. The van der Waals surface area contributed by atoms with Crippen LogP contribution in [0.3, 0.4) is 0 Å². The van der Waals surface area contributed by atoms with Gasteiger partial charge < -0.3 is 31.3 Å². The molecule has 0 aliphatic carbocycles. The van der Waals surface area contributed by atoms with Gasteiger partial charge in [-0.2, -0.15) is 0 Å². The second-order valence-corrected chi connectivity index (χ2v) is 4.88. The Labute approximate surface area is 250 Å². The molecule has 0 aromatic rings. The van der Waals surface area contributed by atoms with E-state index in [1.165, 1.54) is 14.2 Å². The van der Waals surface area contributed by atoms with Gasteiger partial charge in [-0.15, -0.1) is 0 Å². The van der Waals surface area contributed by atoms with E-state index >= 15 is 0 Å². The Morgan fingerprint density at radius 2 is 1.46 bits per heavy atom. The molecular formula is C14H27BrK2N2O7. The molecule has 9 nitrogen and oxygen atoms in total. The van der Waals surface area contributed by atoms with Crippen molar-refractivity contribution in [1.82, 2.24) is 10.2 Å². The Balaban J connectivity index is -0.0000000417. The molecule has 0 rings (SSSR count). The van der Waals surface area contributed by atoms with Crippen LogP contribution < -0.4 is 113 Å². The molecule has 1 N–H and O–H groups in total. The van der Waals surface area contributed by atoms with Crippen LogP contribution in [0.4, 0.5) is 0 Å². The summed E-state index contributed by atoms with van der Waals surface area (Å²) in [5.41, 5.74) is 0.479. The quantitative estimate of drug-likeness (QED) is 0.0997. The molecule has 0 radical (unpaired) electrons. The maximum atomic E-state index is 10.7. The molecule has 0 aliphatic heterocycles. The molecule has 0 spiro atoms. The Hall–Kier alpha value is 1.52. The van der Waals surface area contributed by atoms with Gasteiger partial charge in [0.2, 0.25) is 0 Å². The van der Waals surface area contributed by atoms with Gasteiger partial charge in [-0.1, -0.05) is 13.2 Å². The molecule has 0 amide bonds. The summed E-state index contributed by atoms with van der Waals surface area (Å²) >= 11 is 2.83. The van der Waals surface area contributed by atoms with Crippen molar-refractivity contribution in [3.05, 3.63) is 23.2 Å². The van der Waals surface area contributed by atoms with Crippen molar-refractivity contribution in [2.75, 3.05) is 49.0 Å². The third kappa shape index (κ3) is 44.7. The minimum absolute atomic E-state index is 0. The molecule has 0 saturated carbocycles. The number of hydrogen-bond donors (Lipinski definition) is 1. The molecule has 0 heterocycles. The van der Waals surface area contributed by atoms with E-state index in [0.717, 1.165) is 0 Å². The minimum Gasteiger partial charge on any atom is -1.00 e. The molecule has 144 valence electrons. The van der Waals surface area contributed by atoms with Gasteiger partial charge in [-0.3, -0.25) is 4.79 Å². The molecule has 0 unspecified atom stereocenters. The second kappa shape index (κ2) is 34.1. The summed E-state index contributed by atoms with van der Waals surface area (Å²) in [6.45, 7) is 7.19. The first kappa shape index (κ1) is 41.8. The molecule has 0 aliphatic rings. The molecule has 0 fully saturated rings. The van der Waals surface area contributed by atoms with E-state index < -0.39 is 5.97 Å². The zero-order chi connectivity index (χ0) is 20.1. The number of ether oxygens (including phenoxy) is 2. The third-order valence-electron chi connectivity index (χ3n) is 1.43. The predicted octanol–water partition coefficient (Wildman–Crippen LogP) is -6.26. The predicted molar refractivity (Wildman–Crippen MR) is 93.0 cm³/mol. The van der Waals surface area contributed by atoms with Gasteiger partial charge in [0.05, 0.1) is 18.7 Å². The van der Waals surface area contributed by atoms with E-state index in [9.17, 15) is 9.59 Å². The Bertz CT molecular complexity index is 390. The zero-order valence-corrected chi connectivity index (χ0v) is 24.7. The van der Waals surface area contributed by atoms with Crippen LogP contribution in [0, 0.1) is 0 Å². The van der Waals surface area contributed by atoms with Crippen LogP contribution in [0.2, 0.25) is 0 Å². The number of methoxy groups -OCH3 is 2. The van der Waals surface area contributed by atoms with E-state index in [1.807, 2.05) is 33.1 Å². The van der Waals surface area contributed by atoms with Crippen LogP contribution in [0.1, 0.15) is 1.43 Å². The maximum Gasteiger partial charge on any atom is 1.00 e. The average molecular weight is 493 g/mol. The van der Waals surface area contributed by atoms with Crippen LogP contribution in [-0.2, 0) is 28.7 Å². The number of carbonyl (C=O) groups is 3. The number of nitrogens with zero attached hydrogens (tertiary/aromatic N) is 1. The van der Waals surface area contributed by atoms with Gasteiger partial charge in [0.1, 0.15) is 0 Å². The first-order valence-corrected chi connectivity index (χ1v) is 7.02. The third-order valence-corrected chi connectivity index (χ3v) is 1.75. The van der Waals surface area contributed by atoms with Gasteiger partial charge in [0, 0.05) is 12.1 Å². The van der Waals surface area contributed by atoms with E-state index in [4.69, 9.17) is 10.1 Å². The van der Waals surface area contributed by atoms with E-state index in [-0.39, 0.29) is 121 Å². The topological polar surface area (TPSA) is 117 Å². The zero-order valence-electron chi connectivity index (χ0n) is 17.9. The molecule has 12 heteroatoms. The van der Waals surface area contributed by atoms with Crippen molar-refractivity contribution in [2.45, 2.75) is 0 Å². The molecule has 0 aromatic carbocycles. The van der Waals surface area contributed by atoms with Gasteiger partial charge in [0.25, 0.3) is 6.47 Å². The van der Waals surface area contributed by atoms with E-state index in [1.54, 1.807) is 0 Å². The minimum atomic E-state index is -0.431. The molecule has 0 bridgehead atoms. The number of nitrogens with one attached hydrogen (secondary N) is 1. The maximum absolute atomic E-state index is 10.7. The molecule has 0 atom stereocenters. The first-order chi connectivity index (χ1) is 11.1. The normalized spacial score (nSPS) is 7.27. The summed E-state index contributed by atoms with van der Waals surface area (Å²) in [6, 6.07) is 0. The number of hydrogen-bond acceptors (Lipinski definition) is 9. The van der Waals surface area contributed by atoms with Crippen LogP contribution in [0.15, 0.2) is 23.2 Å². The van der Waals surface area contributed by atoms with Crippen molar-refractivity contribution < 1.29 is 138 Å². The summed E-state index contributed by atoms with van der Waals surface area (Å²) < 4.78 is 8.92. The molecular weight excluding hydrogens is 466 g/mol. The van der Waals surface area contributed by atoms with Gasteiger partial charge >= 0.3 is 115 Å². The summed E-state index contributed by atoms with van der Waals surface area (Å²) in [7, 11) is 10.1. The van der Waals surface area contributed by atoms with Crippen LogP contribution in [0.25, 0.3) is 0 Å². The number of rotatable bonds is 5. The van der Waals surface area contributed by atoms with Crippen molar-refractivity contribution in [2.24, 2.45) is 0 Å². The van der Waals surface area contributed by atoms with E-state index in [0.29, 0.717) is 12.1 Å². The fourth-order valence-electron chi connectivity index (χ4n) is 0.701. The van der Waals surface area contributed by atoms with E-state index in [2.05, 4.69) is 48.8 Å². The smallest absolute Gasteiger partial charge is 1.00 e. The SMILES string of the molecule is C=C(Br)C(=O)OC.C=C(CN(C)C)C(=O)OC.CNC.O=CO[O-].[H-].[K+].[K+]. The fourth-order valence-corrected chi connectivity index (χ4v) is 0.863. The fraction of sp³-hybridized carbons (Fsp3) is 0.500. The summed E-state index contributed by atoms with van der Waals surface area (Å²) in [4.78, 5) is 34.0. The molecule has 26 heavy (non-hydrogen) atoms. The summed E-state index contributed by atoms with van der Waals surface area (Å²) in [6.07, 6.45) is 0. The number of carbonyl (C=O) groups excluding carboxylic acids is 3. The van der Waals surface area contributed by atoms with Gasteiger partial charge in [-0.25, -0.2) is 9.59 Å². The first-order valence-electron chi connectivity index (χ1n) is 6.23. The largest absolute Gasteiger partial charge is 1.00 e. The van der Waals surface area contributed by atoms with Gasteiger partial charge in [0.15, 0.2) is 0 Å². The summed E-state index contributed by atoms with van der Waals surface area (Å²) in [5, 5.41) is 11.2. The number of esters is 2. The van der Waals surface area contributed by atoms with Crippen molar-refractivity contribution in [3.63, 3.8) is 0 Å². The second-order valence-electron chi connectivity index (χ2n) is 3.92. The average Bonchev–Trinajstić information content (AvgIpc) is 2.53.